The Kier molecular flexibility index (Phi) is 4.48. The molecular weight excluding hydrogens is 326 g/mol. The second kappa shape index (κ2) is 6.71. The maximum Gasteiger partial charge on any atom is 0.255 e. The minimum atomic E-state index is -1.29. The number of benzene rings is 1. The van der Waals surface area contributed by atoms with E-state index in [1.807, 2.05) is 30.3 Å². The van der Waals surface area contributed by atoms with Crippen LogP contribution in [0.25, 0.3) is 11.3 Å². The number of nitrogens with one attached hydrogen (secondary N) is 1. The van der Waals surface area contributed by atoms with Crippen molar-refractivity contribution >= 4 is 22.6 Å². The van der Waals surface area contributed by atoms with Crippen LogP contribution in [0.4, 0.5) is 11.8 Å². The van der Waals surface area contributed by atoms with E-state index in [0.717, 1.165) is 5.56 Å². The fraction of sp³-hybridized carbons (Fsp3) is 0.125. The molecule has 0 saturated heterocycles. The summed E-state index contributed by atoms with van der Waals surface area (Å²) < 4.78 is 12.9. The molecule has 1 N–H and O–H groups in total. The normalized spacial score (nSPS) is 11.9. The molecule has 0 aliphatic carbocycles. The second-order valence-corrected chi connectivity index (χ2v) is 6.31. The highest BCUT2D eigenvalue weighted by Gasteiger charge is 2.09. The highest BCUT2D eigenvalue weighted by Crippen LogP contribution is 2.18. The summed E-state index contributed by atoms with van der Waals surface area (Å²) in [7, 11) is 0.325. The lowest BCUT2D eigenvalue weighted by atomic mass is 10.1. The third-order valence-corrected chi connectivity index (χ3v) is 4.05. The molecule has 1 unspecified atom stereocenters. The Labute approximate surface area is 140 Å². The quantitative estimate of drug-likeness (QED) is 0.727. The molecule has 3 aromatic rings. The summed E-state index contributed by atoms with van der Waals surface area (Å²) in [6.45, 7) is 0. The van der Waals surface area contributed by atoms with Crippen LogP contribution in [0.5, 0.6) is 0 Å². The molecule has 1 aromatic carbocycles. The minimum absolute atomic E-state index is 0.195. The topological polar surface area (TPSA) is 89.8 Å². The molecule has 0 bridgehead atoms. The molecule has 0 saturated carbocycles. The molecule has 0 spiro atoms. The summed E-state index contributed by atoms with van der Waals surface area (Å²) in [5, 5.41) is 3.20. The first-order valence-corrected chi connectivity index (χ1v) is 8.67. The highest BCUT2D eigenvalue weighted by molar-refractivity contribution is 7.84. The first-order valence-electron chi connectivity index (χ1n) is 7.11. The maximum atomic E-state index is 12.2. The van der Waals surface area contributed by atoms with Gasteiger partial charge in [0.25, 0.3) is 5.56 Å². The summed E-state index contributed by atoms with van der Waals surface area (Å²) >= 11 is 0. The van der Waals surface area contributed by atoms with Crippen molar-refractivity contribution in [1.29, 1.82) is 0 Å². The summed E-state index contributed by atoms with van der Waals surface area (Å²) in [6.07, 6.45) is 3.01. The van der Waals surface area contributed by atoms with Gasteiger partial charge in [0.05, 0.1) is 16.5 Å². The van der Waals surface area contributed by atoms with Crippen LogP contribution in [-0.4, -0.2) is 30.0 Å². The second-order valence-electron chi connectivity index (χ2n) is 5.03. The van der Waals surface area contributed by atoms with E-state index in [9.17, 15) is 9.00 Å². The fourth-order valence-corrected chi connectivity index (χ4v) is 2.51. The van der Waals surface area contributed by atoms with Crippen molar-refractivity contribution in [2.45, 2.75) is 5.16 Å². The Bertz CT molecular complexity index is 956. The van der Waals surface area contributed by atoms with Crippen molar-refractivity contribution in [1.82, 2.24) is 19.5 Å². The van der Waals surface area contributed by atoms with Crippen molar-refractivity contribution in [3.8, 4) is 11.3 Å². The summed E-state index contributed by atoms with van der Waals surface area (Å²) in [5.41, 5.74) is 1.21. The number of hydrogen-bond acceptors (Lipinski definition) is 6. The highest BCUT2D eigenvalue weighted by atomic mass is 32.2. The van der Waals surface area contributed by atoms with Crippen LogP contribution in [0.3, 0.4) is 0 Å². The van der Waals surface area contributed by atoms with E-state index >= 15 is 0 Å². The third kappa shape index (κ3) is 3.38. The van der Waals surface area contributed by atoms with Crippen molar-refractivity contribution in [3.05, 3.63) is 59.0 Å². The van der Waals surface area contributed by atoms with Gasteiger partial charge in [0, 0.05) is 31.1 Å². The Morgan fingerprint density at radius 1 is 1.12 bits per heavy atom. The van der Waals surface area contributed by atoms with Crippen LogP contribution in [0.1, 0.15) is 0 Å². The molecule has 122 valence electrons. The summed E-state index contributed by atoms with van der Waals surface area (Å²) in [5.74, 6) is 0.760. The smallest absolute Gasteiger partial charge is 0.255 e. The lowest BCUT2D eigenvalue weighted by molar-refractivity contribution is 0.679. The summed E-state index contributed by atoms with van der Waals surface area (Å²) in [4.78, 5) is 24.8. The monoisotopic (exact) mass is 341 g/mol. The van der Waals surface area contributed by atoms with Gasteiger partial charge in [-0.05, 0) is 6.07 Å². The van der Waals surface area contributed by atoms with Crippen LogP contribution in [-0.2, 0) is 17.8 Å². The predicted molar refractivity (Wildman–Crippen MR) is 92.6 cm³/mol. The molecule has 8 heteroatoms. The number of rotatable bonds is 4. The maximum absolute atomic E-state index is 12.2. The van der Waals surface area contributed by atoms with Gasteiger partial charge in [-0.15, -0.1) is 0 Å². The largest absolute Gasteiger partial charge is 0.310 e. The average molecular weight is 341 g/mol. The molecule has 0 aliphatic rings. The van der Waals surface area contributed by atoms with E-state index in [-0.39, 0.29) is 10.7 Å². The van der Waals surface area contributed by atoms with Gasteiger partial charge in [0.15, 0.2) is 0 Å². The number of hydrogen-bond donors (Lipinski definition) is 1. The van der Waals surface area contributed by atoms with Crippen molar-refractivity contribution < 1.29 is 4.21 Å². The molecule has 0 fully saturated rings. The average Bonchev–Trinajstić information content (AvgIpc) is 2.59. The van der Waals surface area contributed by atoms with Crippen molar-refractivity contribution in [2.24, 2.45) is 7.05 Å². The van der Waals surface area contributed by atoms with Crippen LogP contribution < -0.4 is 10.9 Å². The number of nitrogens with zero attached hydrogens (tertiary/aromatic N) is 4. The van der Waals surface area contributed by atoms with Crippen LogP contribution in [0.15, 0.2) is 58.6 Å². The predicted octanol–water partition coefficient (Wildman–Crippen LogP) is 1.72. The van der Waals surface area contributed by atoms with Gasteiger partial charge in [0.2, 0.25) is 11.1 Å². The van der Waals surface area contributed by atoms with E-state index < -0.39 is 10.8 Å². The zero-order valence-electron chi connectivity index (χ0n) is 13.1. The molecular formula is C16H15N5O2S. The Morgan fingerprint density at radius 2 is 1.88 bits per heavy atom. The van der Waals surface area contributed by atoms with E-state index in [4.69, 9.17) is 0 Å². The van der Waals surface area contributed by atoms with E-state index in [2.05, 4.69) is 20.3 Å². The van der Waals surface area contributed by atoms with Crippen LogP contribution in [0, 0.1) is 0 Å². The van der Waals surface area contributed by atoms with Crippen molar-refractivity contribution in [3.63, 3.8) is 0 Å². The first kappa shape index (κ1) is 16.0. The standard InChI is InChI=1S/C16H15N5O2S/c1-21-14(22)10-12(11-6-4-3-5-7-11)18-15(21)19-13-8-9-17-16(20-13)24(2)23/h3-10H,1-2H3,(H,17,18,19,20). The van der Waals surface area contributed by atoms with Crippen LogP contribution in [0.2, 0.25) is 0 Å². The molecule has 1 atom stereocenters. The minimum Gasteiger partial charge on any atom is -0.310 e. The lowest BCUT2D eigenvalue weighted by Gasteiger charge is -2.11. The molecule has 24 heavy (non-hydrogen) atoms. The van der Waals surface area contributed by atoms with E-state index in [1.54, 1.807) is 13.1 Å². The van der Waals surface area contributed by atoms with E-state index in [1.165, 1.54) is 23.1 Å². The Balaban J connectivity index is 2.02. The Hall–Kier alpha value is -2.87. The first-order chi connectivity index (χ1) is 11.5. The zero-order chi connectivity index (χ0) is 17.1. The molecule has 3 rings (SSSR count). The molecule has 0 radical (unpaired) electrons. The molecule has 7 nitrogen and oxygen atoms in total. The van der Waals surface area contributed by atoms with Gasteiger partial charge in [-0.25, -0.2) is 15.0 Å². The third-order valence-electron chi connectivity index (χ3n) is 3.33. The fourth-order valence-electron chi connectivity index (χ4n) is 2.07. The number of anilines is 2. The van der Waals surface area contributed by atoms with Gasteiger partial charge in [0.1, 0.15) is 5.82 Å². The SMILES string of the molecule is Cn1c(Nc2ccnc(S(C)=O)n2)nc(-c2ccccc2)cc1=O. The Morgan fingerprint density at radius 3 is 2.58 bits per heavy atom. The van der Waals surface area contributed by atoms with Gasteiger partial charge >= 0.3 is 0 Å². The summed E-state index contributed by atoms with van der Waals surface area (Å²) in [6, 6.07) is 12.5. The van der Waals surface area contributed by atoms with E-state index in [0.29, 0.717) is 17.5 Å². The van der Waals surface area contributed by atoms with Gasteiger partial charge in [-0.3, -0.25) is 13.6 Å². The molecule has 0 aliphatic heterocycles. The van der Waals surface area contributed by atoms with Crippen molar-refractivity contribution in [2.75, 3.05) is 11.6 Å². The van der Waals surface area contributed by atoms with Gasteiger partial charge in [-0.2, -0.15) is 0 Å². The lowest BCUT2D eigenvalue weighted by Crippen LogP contribution is -2.21. The molecule has 0 amide bonds. The van der Waals surface area contributed by atoms with Crippen LogP contribution >= 0.6 is 0 Å². The zero-order valence-corrected chi connectivity index (χ0v) is 13.9. The van der Waals surface area contributed by atoms with Gasteiger partial charge < -0.3 is 5.32 Å². The van der Waals surface area contributed by atoms with Gasteiger partial charge in [-0.1, -0.05) is 30.3 Å². The number of aromatic nitrogens is 4. The molecule has 2 aromatic heterocycles. The molecule has 2 heterocycles.